The first-order valence-electron chi connectivity index (χ1n) is 6.05. The molecule has 2 aromatic rings. The Hall–Kier alpha value is -1.72. The van der Waals surface area contributed by atoms with Gasteiger partial charge >= 0.3 is 0 Å². The largest absolute Gasteiger partial charge is 0.483 e. The van der Waals surface area contributed by atoms with Crippen LogP contribution in [-0.4, -0.2) is 21.6 Å². The summed E-state index contributed by atoms with van der Waals surface area (Å²) >= 11 is 11.3. The second-order valence-corrected chi connectivity index (χ2v) is 4.67. The highest BCUT2D eigenvalue weighted by Gasteiger charge is 2.15. The maximum atomic E-state index is 6.07. The fraction of sp³-hybridized carbons (Fsp3) is 0.214. The first-order chi connectivity index (χ1) is 9.61. The molecule has 0 aliphatic rings. The van der Waals surface area contributed by atoms with Crippen LogP contribution in [0.25, 0.3) is 0 Å². The van der Waals surface area contributed by atoms with E-state index in [1.54, 1.807) is 25.3 Å². The van der Waals surface area contributed by atoms with E-state index in [1.807, 2.05) is 19.1 Å². The lowest BCUT2D eigenvalue weighted by atomic mass is 10.3. The molecule has 0 fully saturated rings. The highest BCUT2D eigenvalue weighted by atomic mass is 35.5. The zero-order chi connectivity index (χ0) is 14.5. The van der Waals surface area contributed by atoms with Crippen LogP contribution in [0.5, 0.6) is 11.6 Å². The standard InChI is InChI=1S/C14H13ClN2O2S/c1-3-18-14(20)10-8-16-9(2)17-13(10)19-12-7-5-4-6-11(12)15/h4-8H,3H2,1-2H3. The third kappa shape index (κ3) is 3.43. The summed E-state index contributed by atoms with van der Waals surface area (Å²) in [6.45, 7) is 4.10. The summed E-state index contributed by atoms with van der Waals surface area (Å²) in [5, 5.41) is 0.798. The third-order valence-electron chi connectivity index (χ3n) is 2.41. The maximum Gasteiger partial charge on any atom is 0.234 e. The first kappa shape index (κ1) is 14.7. The van der Waals surface area contributed by atoms with Crippen molar-refractivity contribution in [1.29, 1.82) is 0 Å². The summed E-state index contributed by atoms with van der Waals surface area (Å²) in [6, 6.07) is 7.15. The fourth-order valence-corrected chi connectivity index (χ4v) is 1.94. The summed E-state index contributed by atoms with van der Waals surface area (Å²) in [5.74, 6) is 1.42. The van der Waals surface area contributed by atoms with Gasteiger partial charge in [0.15, 0.2) is 5.05 Å². The van der Waals surface area contributed by atoms with Gasteiger partial charge in [0.1, 0.15) is 17.1 Å². The number of para-hydroxylation sites is 1. The van der Waals surface area contributed by atoms with Gasteiger partial charge in [0.2, 0.25) is 5.88 Å². The number of aromatic nitrogens is 2. The highest BCUT2D eigenvalue weighted by Crippen LogP contribution is 2.29. The van der Waals surface area contributed by atoms with Crippen LogP contribution in [0.2, 0.25) is 5.02 Å². The Morgan fingerprint density at radius 2 is 2.10 bits per heavy atom. The van der Waals surface area contributed by atoms with Crippen molar-refractivity contribution in [3.63, 3.8) is 0 Å². The fourth-order valence-electron chi connectivity index (χ4n) is 1.51. The number of aryl methyl sites for hydroxylation is 1. The average Bonchev–Trinajstić information content (AvgIpc) is 2.42. The first-order valence-corrected chi connectivity index (χ1v) is 6.83. The molecule has 4 nitrogen and oxygen atoms in total. The number of hydrogen-bond donors (Lipinski definition) is 0. The van der Waals surface area contributed by atoms with Crippen LogP contribution >= 0.6 is 23.8 Å². The zero-order valence-corrected chi connectivity index (χ0v) is 12.7. The van der Waals surface area contributed by atoms with Gasteiger partial charge in [-0.05, 0) is 38.2 Å². The van der Waals surface area contributed by atoms with E-state index in [0.29, 0.717) is 39.7 Å². The number of ether oxygens (including phenoxy) is 2. The van der Waals surface area contributed by atoms with Crippen molar-refractivity contribution >= 4 is 28.9 Å². The van der Waals surface area contributed by atoms with E-state index < -0.39 is 0 Å². The smallest absolute Gasteiger partial charge is 0.234 e. The normalized spacial score (nSPS) is 10.2. The summed E-state index contributed by atoms with van der Waals surface area (Å²) in [4.78, 5) is 8.37. The van der Waals surface area contributed by atoms with E-state index in [9.17, 15) is 0 Å². The molecule has 0 spiro atoms. The van der Waals surface area contributed by atoms with Crippen molar-refractivity contribution in [3.8, 4) is 11.6 Å². The monoisotopic (exact) mass is 308 g/mol. The molecule has 0 aliphatic heterocycles. The Bertz CT molecular complexity index is 634. The molecule has 0 radical (unpaired) electrons. The lowest BCUT2D eigenvalue weighted by molar-refractivity contribution is 0.335. The van der Waals surface area contributed by atoms with Crippen LogP contribution < -0.4 is 4.74 Å². The second-order valence-electron chi connectivity index (χ2n) is 3.89. The number of nitrogens with zero attached hydrogens (tertiary/aromatic N) is 2. The SMILES string of the molecule is CCOC(=S)c1cnc(C)nc1Oc1ccccc1Cl. The average molecular weight is 309 g/mol. The molecule has 20 heavy (non-hydrogen) atoms. The van der Waals surface area contributed by atoms with Crippen molar-refractivity contribution in [2.24, 2.45) is 0 Å². The Morgan fingerprint density at radius 3 is 2.80 bits per heavy atom. The number of halogens is 1. The summed E-state index contributed by atoms with van der Waals surface area (Å²) in [6.07, 6.45) is 1.59. The van der Waals surface area contributed by atoms with Gasteiger partial charge in [-0.25, -0.2) is 4.98 Å². The number of hydrogen-bond acceptors (Lipinski definition) is 5. The molecule has 0 amide bonds. The second kappa shape index (κ2) is 6.63. The number of thiocarbonyl (C=S) groups is 1. The molecule has 0 bridgehead atoms. The molecule has 2 rings (SSSR count). The molecule has 0 N–H and O–H groups in total. The molecule has 0 atom stereocenters. The molecule has 0 aliphatic carbocycles. The molecule has 104 valence electrons. The molecule has 1 aromatic heterocycles. The predicted molar refractivity (Wildman–Crippen MR) is 81.6 cm³/mol. The minimum Gasteiger partial charge on any atom is -0.483 e. The Kier molecular flexibility index (Phi) is 4.87. The minimum atomic E-state index is 0.301. The van der Waals surface area contributed by atoms with E-state index in [-0.39, 0.29) is 0 Å². The molecule has 6 heteroatoms. The van der Waals surface area contributed by atoms with Crippen LogP contribution in [-0.2, 0) is 4.74 Å². The minimum absolute atomic E-state index is 0.301. The molecule has 0 unspecified atom stereocenters. The van der Waals surface area contributed by atoms with E-state index in [4.69, 9.17) is 33.3 Å². The van der Waals surface area contributed by atoms with Crippen molar-refractivity contribution in [2.75, 3.05) is 6.61 Å². The quantitative estimate of drug-likeness (QED) is 0.800. The van der Waals surface area contributed by atoms with Gasteiger partial charge in [-0.15, -0.1) is 0 Å². The Labute approximate surface area is 127 Å². The van der Waals surface area contributed by atoms with Gasteiger partial charge < -0.3 is 9.47 Å². The Morgan fingerprint density at radius 1 is 1.35 bits per heavy atom. The van der Waals surface area contributed by atoms with Crippen LogP contribution in [0, 0.1) is 6.92 Å². The highest BCUT2D eigenvalue weighted by molar-refractivity contribution is 7.80. The summed E-state index contributed by atoms with van der Waals surface area (Å²) < 4.78 is 11.1. The molecule has 1 heterocycles. The molecular formula is C14H13ClN2O2S. The van der Waals surface area contributed by atoms with Gasteiger partial charge in [-0.3, -0.25) is 0 Å². The van der Waals surface area contributed by atoms with Gasteiger partial charge in [-0.1, -0.05) is 23.7 Å². The maximum absolute atomic E-state index is 6.07. The van der Waals surface area contributed by atoms with Crippen molar-refractivity contribution in [3.05, 3.63) is 46.9 Å². The van der Waals surface area contributed by atoms with E-state index in [0.717, 1.165) is 0 Å². The zero-order valence-electron chi connectivity index (χ0n) is 11.1. The van der Waals surface area contributed by atoms with E-state index >= 15 is 0 Å². The molecule has 0 saturated heterocycles. The van der Waals surface area contributed by atoms with Crippen LogP contribution in [0.3, 0.4) is 0 Å². The Balaban J connectivity index is 2.37. The van der Waals surface area contributed by atoms with Gasteiger partial charge in [-0.2, -0.15) is 4.98 Å². The van der Waals surface area contributed by atoms with Crippen molar-refractivity contribution in [2.45, 2.75) is 13.8 Å². The molecular weight excluding hydrogens is 296 g/mol. The van der Waals surface area contributed by atoms with Crippen LogP contribution in [0.1, 0.15) is 18.3 Å². The summed E-state index contributed by atoms with van der Waals surface area (Å²) in [7, 11) is 0. The van der Waals surface area contributed by atoms with Gasteiger partial charge in [0, 0.05) is 6.20 Å². The predicted octanol–water partition coefficient (Wildman–Crippen LogP) is 3.94. The van der Waals surface area contributed by atoms with Crippen molar-refractivity contribution in [1.82, 2.24) is 9.97 Å². The van der Waals surface area contributed by atoms with Crippen LogP contribution in [0.15, 0.2) is 30.5 Å². The van der Waals surface area contributed by atoms with Crippen LogP contribution in [0.4, 0.5) is 0 Å². The summed E-state index contributed by atoms with van der Waals surface area (Å²) in [5.41, 5.74) is 0.535. The third-order valence-corrected chi connectivity index (χ3v) is 3.06. The van der Waals surface area contributed by atoms with E-state index in [2.05, 4.69) is 9.97 Å². The lowest BCUT2D eigenvalue weighted by Crippen LogP contribution is -2.08. The van der Waals surface area contributed by atoms with Gasteiger partial charge in [0.25, 0.3) is 0 Å². The van der Waals surface area contributed by atoms with Gasteiger partial charge in [0.05, 0.1) is 11.6 Å². The molecule has 0 saturated carbocycles. The van der Waals surface area contributed by atoms with Crippen molar-refractivity contribution < 1.29 is 9.47 Å². The molecule has 1 aromatic carbocycles. The number of rotatable bonds is 4. The van der Waals surface area contributed by atoms with E-state index in [1.165, 1.54) is 0 Å². The topological polar surface area (TPSA) is 44.2 Å². The lowest BCUT2D eigenvalue weighted by Gasteiger charge is -2.12. The number of benzene rings is 1.